The number of esters is 1. The summed E-state index contributed by atoms with van der Waals surface area (Å²) in [6.45, 7) is 3.77. The molecule has 1 amide bonds. The van der Waals surface area contributed by atoms with E-state index in [9.17, 15) is 9.59 Å². The smallest absolute Gasteiger partial charge is 0.305 e. The van der Waals surface area contributed by atoms with E-state index in [1.807, 2.05) is 31.2 Å². The van der Waals surface area contributed by atoms with Gasteiger partial charge in [-0.05, 0) is 44.0 Å². The van der Waals surface area contributed by atoms with Gasteiger partial charge in [0, 0.05) is 24.5 Å². The molecule has 1 aromatic carbocycles. The number of hydrogen-bond donors (Lipinski definition) is 1. The van der Waals surface area contributed by atoms with Gasteiger partial charge in [0.25, 0.3) is 0 Å². The highest BCUT2D eigenvalue weighted by molar-refractivity contribution is 6.30. The van der Waals surface area contributed by atoms with Crippen LogP contribution in [0.25, 0.3) is 0 Å². The lowest BCUT2D eigenvalue weighted by Gasteiger charge is -2.42. The fourth-order valence-corrected chi connectivity index (χ4v) is 2.87. The second kappa shape index (κ2) is 7.79. The monoisotopic (exact) mass is 338 g/mol. The normalized spacial score (nSPS) is 19.8. The Morgan fingerprint density at radius 3 is 2.74 bits per heavy atom. The Morgan fingerprint density at radius 2 is 2.17 bits per heavy atom. The Labute approximate surface area is 141 Å². The number of halogens is 1. The molecule has 0 aliphatic carbocycles. The van der Waals surface area contributed by atoms with Gasteiger partial charge in [0.2, 0.25) is 5.91 Å². The van der Waals surface area contributed by atoms with E-state index in [2.05, 4.69) is 10.1 Å². The number of hydrogen-bond acceptors (Lipinski definition) is 4. The standard InChI is InChI=1S/C17H23ClN2O3/c1-17(8-9-19-17)16(22)20(10-4-7-15(21)23-2)12-13-5-3-6-14(18)11-13/h3,5-6,11,19H,4,7-10,12H2,1-2H3. The van der Waals surface area contributed by atoms with Gasteiger partial charge in [0.05, 0.1) is 12.6 Å². The van der Waals surface area contributed by atoms with Crippen LogP contribution < -0.4 is 5.32 Å². The summed E-state index contributed by atoms with van der Waals surface area (Å²) < 4.78 is 4.65. The van der Waals surface area contributed by atoms with Crippen molar-refractivity contribution in [2.24, 2.45) is 0 Å². The summed E-state index contributed by atoms with van der Waals surface area (Å²) in [6.07, 6.45) is 1.71. The van der Waals surface area contributed by atoms with E-state index in [4.69, 9.17) is 11.6 Å². The van der Waals surface area contributed by atoms with E-state index in [1.54, 1.807) is 4.90 Å². The van der Waals surface area contributed by atoms with Crippen LogP contribution in [-0.2, 0) is 20.9 Å². The Bertz CT molecular complexity index is 573. The molecule has 2 rings (SSSR count). The van der Waals surface area contributed by atoms with Crippen molar-refractivity contribution in [3.8, 4) is 0 Å². The summed E-state index contributed by atoms with van der Waals surface area (Å²) in [7, 11) is 1.37. The first-order chi connectivity index (χ1) is 10.9. The van der Waals surface area contributed by atoms with Crippen molar-refractivity contribution in [3.05, 3.63) is 34.9 Å². The molecule has 1 heterocycles. The minimum Gasteiger partial charge on any atom is -0.469 e. The predicted molar refractivity (Wildman–Crippen MR) is 89.1 cm³/mol. The van der Waals surface area contributed by atoms with Gasteiger partial charge in [-0.2, -0.15) is 0 Å². The van der Waals surface area contributed by atoms with Crippen LogP contribution in [0.1, 0.15) is 31.7 Å². The summed E-state index contributed by atoms with van der Waals surface area (Å²) in [6, 6.07) is 7.49. The third-order valence-corrected chi connectivity index (χ3v) is 4.43. The van der Waals surface area contributed by atoms with E-state index in [0.717, 1.165) is 18.5 Å². The van der Waals surface area contributed by atoms with Gasteiger partial charge in [-0.25, -0.2) is 0 Å². The van der Waals surface area contributed by atoms with Gasteiger partial charge in [0.1, 0.15) is 0 Å². The fraction of sp³-hybridized carbons (Fsp3) is 0.529. The predicted octanol–water partition coefficient (Wildman–Crippen LogP) is 2.37. The number of ether oxygens (including phenoxy) is 1. The molecule has 1 aliphatic heterocycles. The second-order valence-corrected chi connectivity index (χ2v) is 6.48. The van der Waals surface area contributed by atoms with Crippen LogP contribution in [0.5, 0.6) is 0 Å². The van der Waals surface area contributed by atoms with Crippen molar-refractivity contribution in [2.75, 3.05) is 20.2 Å². The summed E-state index contributed by atoms with van der Waals surface area (Å²) in [5.41, 5.74) is 0.482. The Hall–Kier alpha value is -1.59. The average Bonchev–Trinajstić information content (AvgIpc) is 2.50. The Balaban J connectivity index is 2.04. The number of carbonyl (C=O) groups excluding carboxylic acids is 2. The van der Waals surface area contributed by atoms with Crippen LogP contribution in [0.2, 0.25) is 5.02 Å². The zero-order valence-corrected chi connectivity index (χ0v) is 14.4. The lowest BCUT2D eigenvalue weighted by Crippen LogP contribution is -2.64. The molecular weight excluding hydrogens is 316 g/mol. The molecular formula is C17H23ClN2O3. The van der Waals surface area contributed by atoms with Crippen molar-refractivity contribution >= 4 is 23.5 Å². The minimum atomic E-state index is -0.496. The molecule has 5 nitrogen and oxygen atoms in total. The fourth-order valence-electron chi connectivity index (χ4n) is 2.66. The molecule has 1 fully saturated rings. The third-order valence-electron chi connectivity index (χ3n) is 4.20. The molecule has 126 valence electrons. The summed E-state index contributed by atoms with van der Waals surface area (Å²) >= 11 is 6.02. The van der Waals surface area contributed by atoms with E-state index < -0.39 is 5.54 Å². The highest BCUT2D eigenvalue weighted by atomic mass is 35.5. The number of carbonyl (C=O) groups is 2. The lowest BCUT2D eigenvalue weighted by molar-refractivity contribution is -0.143. The molecule has 23 heavy (non-hydrogen) atoms. The summed E-state index contributed by atoms with van der Waals surface area (Å²) in [5.74, 6) is -0.193. The number of nitrogens with zero attached hydrogens (tertiary/aromatic N) is 1. The van der Waals surface area contributed by atoms with Crippen LogP contribution in [0.15, 0.2) is 24.3 Å². The van der Waals surface area contributed by atoms with Crippen LogP contribution in [0.3, 0.4) is 0 Å². The first-order valence-electron chi connectivity index (χ1n) is 7.80. The second-order valence-electron chi connectivity index (χ2n) is 6.05. The van der Waals surface area contributed by atoms with Crippen LogP contribution in [0, 0.1) is 0 Å². The molecule has 1 saturated heterocycles. The van der Waals surface area contributed by atoms with Gasteiger partial charge in [-0.3, -0.25) is 9.59 Å². The van der Waals surface area contributed by atoms with Crippen molar-refractivity contribution in [2.45, 2.75) is 38.3 Å². The average molecular weight is 339 g/mol. The van der Waals surface area contributed by atoms with Crippen LogP contribution in [0.4, 0.5) is 0 Å². The first-order valence-corrected chi connectivity index (χ1v) is 8.18. The zero-order chi connectivity index (χ0) is 16.9. The van der Waals surface area contributed by atoms with Crippen molar-refractivity contribution < 1.29 is 14.3 Å². The highest BCUT2D eigenvalue weighted by Gasteiger charge is 2.41. The molecule has 1 atom stereocenters. The lowest BCUT2D eigenvalue weighted by atomic mass is 9.88. The van der Waals surface area contributed by atoms with E-state index in [1.165, 1.54) is 7.11 Å². The first kappa shape index (κ1) is 17.8. The van der Waals surface area contributed by atoms with Crippen LogP contribution >= 0.6 is 11.6 Å². The molecule has 0 spiro atoms. The summed E-state index contributed by atoms with van der Waals surface area (Å²) in [4.78, 5) is 25.9. The Morgan fingerprint density at radius 1 is 1.43 bits per heavy atom. The van der Waals surface area contributed by atoms with E-state index in [-0.39, 0.29) is 11.9 Å². The summed E-state index contributed by atoms with van der Waals surface area (Å²) in [5, 5.41) is 3.85. The van der Waals surface area contributed by atoms with Gasteiger partial charge in [-0.1, -0.05) is 23.7 Å². The van der Waals surface area contributed by atoms with Crippen molar-refractivity contribution in [1.82, 2.24) is 10.2 Å². The molecule has 0 saturated carbocycles. The van der Waals surface area contributed by atoms with Crippen LogP contribution in [-0.4, -0.2) is 42.5 Å². The number of amides is 1. The maximum atomic E-state index is 12.8. The molecule has 1 unspecified atom stereocenters. The topological polar surface area (TPSA) is 58.6 Å². The van der Waals surface area contributed by atoms with E-state index in [0.29, 0.717) is 31.0 Å². The molecule has 0 bridgehead atoms. The van der Waals surface area contributed by atoms with Gasteiger partial charge >= 0.3 is 5.97 Å². The van der Waals surface area contributed by atoms with Gasteiger partial charge < -0.3 is 15.0 Å². The SMILES string of the molecule is COC(=O)CCCN(Cc1cccc(Cl)c1)C(=O)C1(C)CCN1. The number of nitrogens with one attached hydrogen (secondary N) is 1. The maximum absolute atomic E-state index is 12.8. The van der Waals surface area contributed by atoms with E-state index >= 15 is 0 Å². The molecule has 1 aliphatic rings. The number of benzene rings is 1. The zero-order valence-electron chi connectivity index (χ0n) is 13.6. The molecule has 0 radical (unpaired) electrons. The molecule has 6 heteroatoms. The molecule has 1 aromatic rings. The van der Waals surface area contributed by atoms with Crippen molar-refractivity contribution in [3.63, 3.8) is 0 Å². The maximum Gasteiger partial charge on any atom is 0.305 e. The Kier molecular flexibility index (Phi) is 6.02. The minimum absolute atomic E-state index is 0.0635. The third kappa shape index (κ3) is 4.69. The van der Waals surface area contributed by atoms with Crippen molar-refractivity contribution in [1.29, 1.82) is 0 Å². The van der Waals surface area contributed by atoms with Gasteiger partial charge in [0.15, 0.2) is 0 Å². The highest BCUT2D eigenvalue weighted by Crippen LogP contribution is 2.23. The number of rotatable bonds is 7. The molecule has 1 N–H and O–H groups in total. The quantitative estimate of drug-likeness (QED) is 0.775. The molecule has 0 aromatic heterocycles. The largest absolute Gasteiger partial charge is 0.469 e. The number of methoxy groups -OCH3 is 1. The van der Waals surface area contributed by atoms with Gasteiger partial charge in [-0.15, -0.1) is 0 Å².